The number of carbonyl (C=O) groups is 2. The second kappa shape index (κ2) is 8.33. The molecule has 9 heteroatoms. The molecule has 178 valence electrons. The number of anilines is 1. The molecular weight excluding hydrogens is 442 g/mol. The lowest BCUT2D eigenvalue weighted by molar-refractivity contribution is 0.00619. The van der Waals surface area contributed by atoms with Gasteiger partial charge in [0.05, 0.1) is 23.6 Å². The summed E-state index contributed by atoms with van der Waals surface area (Å²) in [7, 11) is 0. The fraction of sp³-hybridized carbons (Fsp3) is 0.542. The molecule has 0 radical (unpaired) electrons. The van der Waals surface area contributed by atoms with Crippen LogP contribution in [0.5, 0.6) is 0 Å². The lowest BCUT2D eigenvalue weighted by Gasteiger charge is -2.43. The summed E-state index contributed by atoms with van der Waals surface area (Å²) in [4.78, 5) is 36.8. The monoisotopic (exact) mass is 473 g/mol. The predicted molar refractivity (Wildman–Crippen MR) is 128 cm³/mol. The Morgan fingerprint density at radius 1 is 1.00 bits per heavy atom. The first-order valence-corrected chi connectivity index (χ1v) is 11.6. The Morgan fingerprint density at radius 2 is 1.67 bits per heavy atom. The quantitative estimate of drug-likeness (QED) is 0.576. The lowest BCUT2D eigenvalue weighted by atomic mass is 10.1. The third kappa shape index (κ3) is 4.73. The number of esters is 1. The first-order valence-electron chi connectivity index (χ1n) is 11.3. The van der Waals surface area contributed by atoms with E-state index >= 15 is 0 Å². The number of amides is 2. The molecular formula is C24H32ClN5O3. The minimum Gasteiger partial charge on any atom is -0.455 e. The molecule has 3 heterocycles. The molecule has 1 fully saturated rings. The summed E-state index contributed by atoms with van der Waals surface area (Å²) < 4.78 is 7.40. The Bertz CT molecular complexity index is 1070. The van der Waals surface area contributed by atoms with Crippen LogP contribution in [0.3, 0.4) is 0 Å². The van der Waals surface area contributed by atoms with E-state index in [1.807, 2.05) is 36.3 Å². The number of rotatable bonds is 1. The molecule has 1 saturated heterocycles. The zero-order valence-electron chi connectivity index (χ0n) is 20.2. The van der Waals surface area contributed by atoms with Gasteiger partial charge in [0.2, 0.25) is 0 Å². The van der Waals surface area contributed by atoms with Gasteiger partial charge in [-0.3, -0.25) is 14.4 Å². The molecule has 0 saturated carbocycles. The average molecular weight is 474 g/mol. The summed E-state index contributed by atoms with van der Waals surface area (Å²) in [6.07, 6.45) is 1.60. The van der Waals surface area contributed by atoms with Gasteiger partial charge < -0.3 is 9.64 Å². The van der Waals surface area contributed by atoms with E-state index < -0.39 is 11.6 Å². The maximum absolute atomic E-state index is 13.7. The van der Waals surface area contributed by atoms with E-state index in [1.54, 1.807) is 23.4 Å². The van der Waals surface area contributed by atoms with Crippen LogP contribution >= 0.6 is 11.6 Å². The summed E-state index contributed by atoms with van der Waals surface area (Å²) in [6.45, 7) is 15.1. The molecule has 2 amide bonds. The SMILES string of the molecule is CC(C)(C)OC(=O)c1ncn2c1CN(C(=O)N1CCN(C(C)(C)C)CC1)c1cc(Cl)ccc1-2. The van der Waals surface area contributed by atoms with Gasteiger partial charge >= 0.3 is 12.0 Å². The number of carbonyl (C=O) groups excluding carboxylic acids is 2. The van der Waals surface area contributed by atoms with E-state index in [0.717, 1.165) is 18.8 Å². The number of ether oxygens (including phenoxy) is 1. The van der Waals surface area contributed by atoms with Crippen molar-refractivity contribution in [2.75, 3.05) is 31.1 Å². The van der Waals surface area contributed by atoms with Crippen LogP contribution in [-0.2, 0) is 11.3 Å². The van der Waals surface area contributed by atoms with Crippen molar-refractivity contribution >= 4 is 29.3 Å². The summed E-state index contributed by atoms with van der Waals surface area (Å²) in [5, 5.41) is 0.542. The van der Waals surface area contributed by atoms with Crippen LogP contribution in [0.1, 0.15) is 57.7 Å². The minimum absolute atomic E-state index is 0.0647. The molecule has 8 nitrogen and oxygen atoms in total. The van der Waals surface area contributed by atoms with E-state index in [-0.39, 0.29) is 23.8 Å². The van der Waals surface area contributed by atoms with Crippen LogP contribution in [0.2, 0.25) is 5.02 Å². The van der Waals surface area contributed by atoms with Crippen LogP contribution in [0.25, 0.3) is 5.69 Å². The molecule has 2 aliphatic rings. The summed E-state index contributed by atoms with van der Waals surface area (Å²) in [5.74, 6) is -0.500. The zero-order chi connectivity index (χ0) is 24.1. The predicted octanol–water partition coefficient (Wildman–Crippen LogP) is 4.34. The number of fused-ring (bicyclic) bond motifs is 3. The van der Waals surface area contributed by atoms with E-state index in [4.69, 9.17) is 16.3 Å². The van der Waals surface area contributed by atoms with Crippen molar-refractivity contribution in [1.82, 2.24) is 19.4 Å². The Hall–Kier alpha value is -2.58. The highest BCUT2D eigenvalue weighted by atomic mass is 35.5. The molecule has 33 heavy (non-hydrogen) atoms. The van der Waals surface area contributed by atoms with Crippen molar-refractivity contribution in [1.29, 1.82) is 0 Å². The maximum Gasteiger partial charge on any atom is 0.359 e. The van der Waals surface area contributed by atoms with Crippen molar-refractivity contribution in [2.45, 2.75) is 59.2 Å². The molecule has 0 bridgehead atoms. The second-order valence-corrected chi connectivity index (χ2v) is 11.0. The van der Waals surface area contributed by atoms with Crippen molar-refractivity contribution in [3.05, 3.63) is 40.9 Å². The third-order valence-corrected chi connectivity index (χ3v) is 6.22. The number of piperazine rings is 1. The zero-order valence-corrected chi connectivity index (χ0v) is 20.9. The van der Waals surface area contributed by atoms with Gasteiger partial charge in [0, 0.05) is 36.7 Å². The van der Waals surface area contributed by atoms with Gasteiger partial charge in [-0.1, -0.05) is 11.6 Å². The number of halogens is 1. The number of hydrogen-bond donors (Lipinski definition) is 0. The molecule has 2 aliphatic heterocycles. The van der Waals surface area contributed by atoms with Gasteiger partial charge in [-0.15, -0.1) is 0 Å². The lowest BCUT2D eigenvalue weighted by Crippen LogP contribution is -2.57. The number of hydrogen-bond acceptors (Lipinski definition) is 5. The summed E-state index contributed by atoms with van der Waals surface area (Å²) >= 11 is 6.30. The molecule has 4 rings (SSSR count). The fourth-order valence-electron chi connectivity index (χ4n) is 4.29. The van der Waals surface area contributed by atoms with E-state index in [2.05, 4.69) is 30.7 Å². The van der Waals surface area contributed by atoms with Gasteiger partial charge in [-0.25, -0.2) is 14.6 Å². The molecule has 2 aromatic rings. The van der Waals surface area contributed by atoms with E-state index in [0.29, 0.717) is 29.5 Å². The summed E-state index contributed by atoms with van der Waals surface area (Å²) in [5.41, 5.74) is 1.73. The molecule has 0 aliphatic carbocycles. The standard InChI is InChI=1S/C24H32ClN5O3/c1-23(2,3)28-11-9-27(10-12-28)22(32)29-14-19-20(21(31)33-24(4,5)6)26-15-30(19)17-8-7-16(25)13-18(17)29/h7-8,13,15H,9-12,14H2,1-6H3. The molecule has 0 unspecified atom stereocenters. The maximum atomic E-state index is 13.7. The Balaban J connectivity index is 1.65. The van der Waals surface area contributed by atoms with Crippen molar-refractivity contribution in [3.8, 4) is 5.69 Å². The largest absolute Gasteiger partial charge is 0.455 e. The first kappa shape index (κ1) is 23.6. The van der Waals surface area contributed by atoms with Crippen molar-refractivity contribution in [2.24, 2.45) is 0 Å². The first-order chi connectivity index (χ1) is 15.3. The highest BCUT2D eigenvalue weighted by Crippen LogP contribution is 2.36. The number of urea groups is 1. The topological polar surface area (TPSA) is 70.9 Å². The highest BCUT2D eigenvalue weighted by Gasteiger charge is 2.36. The van der Waals surface area contributed by atoms with Crippen LogP contribution < -0.4 is 4.90 Å². The molecule has 0 N–H and O–H groups in total. The van der Waals surface area contributed by atoms with Crippen LogP contribution in [0.4, 0.5) is 10.5 Å². The Morgan fingerprint density at radius 3 is 2.27 bits per heavy atom. The number of benzene rings is 1. The van der Waals surface area contributed by atoms with Crippen molar-refractivity contribution < 1.29 is 14.3 Å². The Labute approximate surface area is 200 Å². The number of nitrogens with zero attached hydrogens (tertiary/aromatic N) is 5. The second-order valence-electron chi connectivity index (χ2n) is 10.6. The smallest absolute Gasteiger partial charge is 0.359 e. The van der Waals surface area contributed by atoms with Gasteiger partial charge in [0.25, 0.3) is 0 Å². The minimum atomic E-state index is -0.643. The Kier molecular flexibility index (Phi) is 5.95. The van der Waals surface area contributed by atoms with E-state index in [1.165, 1.54) is 0 Å². The molecule has 0 atom stereocenters. The van der Waals surface area contributed by atoms with Gasteiger partial charge in [0.1, 0.15) is 11.9 Å². The van der Waals surface area contributed by atoms with Crippen molar-refractivity contribution in [3.63, 3.8) is 0 Å². The molecule has 0 spiro atoms. The average Bonchev–Trinajstić information content (AvgIpc) is 3.15. The van der Waals surface area contributed by atoms with Gasteiger partial charge in [-0.05, 0) is 59.7 Å². The van der Waals surface area contributed by atoms with Gasteiger partial charge in [0.15, 0.2) is 5.69 Å². The number of imidazole rings is 1. The van der Waals surface area contributed by atoms with Crippen LogP contribution in [-0.4, -0.2) is 68.7 Å². The summed E-state index contributed by atoms with van der Waals surface area (Å²) in [6, 6.07) is 5.30. The van der Waals surface area contributed by atoms with E-state index in [9.17, 15) is 9.59 Å². The fourth-order valence-corrected chi connectivity index (χ4v) is 4.46. The van der Waals surface area contributed by atoms with Gasteiger partial charge in [-0.2, -0.15) is 0 Å². The van der Waals surface area contributed by atoms with Crippen LogP contribution in [0.15, 0.2) is 24.5 Å². The molecule has 1 aromatic heterocycles. The van der Waals surface area contributed by atoms with Crippen LogP contribution in [0, 0.1) is 0 Å². The highest BCUT2D eigenvalue weighted by molar-refractivity contribution is 6.31. The third-order valence-electron chi connectivity index (χ3n) is 5.98. The normalized spacial score (nSPS) is 16.9. The number of aromatic nitrogens is 2. The molecule has 1 aromatic carbocycles.